The Morgan fingerprint density at radius 3 is 2.44 bits per heavy atom. The Hall–Kier alpha value is -0.840. The first-order valence-corrected chi connectivity index (χ1v) is 5.96. The average Bonchev–Trinajstić information content (AvgIpc) is 2.30. The van der Waals surface area contributed by atoms with Crippen LogP contribution in [0.25, 0.3) is 0 Å². The van der Waals surface area contributed by atoms with Gasteiger partial charge >= 0.3 is 6.03 Å². The maximum Gasteiger partial charge on any atom is 0.341 e. The molecule has 0 aromatic carbocycles. The maximum atomic E-state index is 11.5. The maximum absolute atomic E-state index is 11.5. The summed E-state index contributed by atoms with van der Waals surface area (Å²) in [6.07, 6.45) is 5.24. The van der Waals surface area contributed by atoms with Crippen molar-refractivity contribution in [1.82, 2.24) is 10.3 Å². The lowest BCUT2D eigenvalue weighted by Crippen LogP contribution is -2.50. The fourth-order valence-corrected chi connectivity index (χ4v) is 2.55. The lowest BCUT2D eigenvalue weighted by Gasteiger charge is -2.38. The highest BCUT2D eigenvalue weighted by Crippen LogP contribution is 2.39. The van der Waals surface area contributed by atoms with Crippen molar-refractivity contribution in [1.29, 1.82) is 0 Å². The molecular weight excluding hydrogens is 230 g/mol. The molecule has 1 saturated carbocycles. The lowest BCUT2D eigenvalue weighted by atomic mass is 9.84. The van der Waals surface area contributed by atoms with Crippen molar-refractivity contribution in [2.24, 2.45) is 11.2 Å². The third kappa shape index (κ3) is 2.64. The Morgan fingerprint density at radius 1 is 1.44 bits per heavy atom. The van der Waals surface area contributed by atoms with Crippen LogP contribution in [0.2, 0.25) is 0 Å². The second-order valence-corrected chi connectivity index (χ2v) is 5.07. The quantitative estimate of drug-likeness (QED) is 0.361. The highest BCUT2D eigenvalue weighted by molar-refractivity contribution is 6.24. The van der Waals surface area contributed by atoms with E-state index in [1.54, 1.807) is 6.92 Å². The summed E-state index contributed by atoms with van der Waals surface area (Å²) in [7, 11) is 1.45. The van der Waals surface area contributed by atoms with Gasteiger partial charge in [-0.1, -0.05) is 30.9 Å². The molecule has 1 aliphatic carbocycles. The summed E-state index contributed by atoms with van der Waals surface area (Å²) in [4.78, 5) is 21.2. The first kappa shape index (κ1) is 13.2. The van der Waals surface area contributed by atoms with Gasteiger partial charge in [-0.25, -0.2) is 4.79 Å². The number of hydrogen-bond acceptors (Lipinski definition) is 3. The molecule has 2 amide bonds. The molecule has 0 heterocycles. The van der Waals surface area contributed by atoms with Crippen molar-refractivity contribution in [3.63, 3.8) is 0 Å². The Kier molecular flexibility index (Phi) is 4.53. The van der Waals surface area contributed by atoms with E-state index in [4.69, 9.17) is 11.6 Å². The number of rotatable bonds is 3. The van der Waals surface area contributed by atoms with E-state index in [-0.39, 0.29) is 5.92 Å². The largest absolute Gasteiger partial charge is 0.341 e. The third-order valence-corrected chi connectivity index (χ3v) is 3.72. The number of halogens is 1. The molecule has 92 valence electrons. The van der Waals surface area contributed by atoms with Crippen molar-refractivity contribution >= 4 is 17.6 Å². The molecule has 0 saturated heterocycles. The number of nitroso groups, excluding NO2 is 1. The van der Waals surface area contributed by atoms with Gasteiger partial charge in [-0.05, 0) is 25.7 Å². The first-order valence-electron chi connectivity index (χ1n) is 5.58. The van der Waals surface area contributed by atoms with Crippen LogP contribution in [0.5, 0.6) is 0 Å². The van der Waals surface area contributed by atoms with Gasteiger partial charge in [0.15, 0.2) is 0 Å². The van der Waals surface area contributed by atoms with E-state index < -0.39 is 11.0 Å². The van der Waals surface area contributed by atoms with E-state index in [1.165, 1.54) is 13.5 Å². The van der Waals surface area contributed by atoms with Gasteiger partial charge in [0.2, 0.25) is 0 Å². The molecule has 1 aliphatic rings. The normalized spacial score (nSPS) is 20.9. The minimum atomic E-state index is -1.03. The van der Waals surface area contributed by atoms with Crippen LogP contribution in [-0.4, -0.2) is 23.1 Å². The molecule has 0 radical (unpaired) electrons. The smallest absolute Gasteiger partial charge is 0.339 e. The van der Waals surface area contributed by atoms with Crippen molar-refractivity contribution in [3.05, 3.63) is 4.91 Å². The van der Waals surface area contributed by atoms with Crippen molar-refractivity contribution in [3.8, 4) is 0 Å². The van der Waals surface area contributed by atoms with Crippen LogP contribution in [-0.2, 0) is 0 Å². The number of nitrogens with one attached hydrogen (secondary N) is 1. The summed E-state index contributed by atoms with van der Waals surface area (Å²) in [5, 5.41) is 5.93. The molecule has 16 heavy (non-hydrogen) atoms. The summed E-state index contributed by atoms with van der Waals surface area (Å²) in [5.41, 5.74) is 0. The van der Waals surface area contributed by atoms with E-state index in [9.17, 15) is 9.70 Å². The summed E-state index contributed by atoms with van der Waals surface area (Å²) in [6.45, 7) is 1.68. The summed E-state index contributed by atoms with van der Waals surface area (Å²) >= 11 is 6.33. The van der Waals surface area contributed by atoms with Gasteiger partial charge in [0.1, 0.15) is 5.00 Å². The molecule has 0 spiro atoms. The molecule has 0 aromatic heterocycles. The number of hydrogen-bond donors (Lipinski definition) is 1. The van der Waals surface area contributed by atoms with Crippen molar-refractivity contribution in [2.75, 3.05) is 7.05 Å². The van der Waals surface area contributed by atoms with Gasteiger partial charge in [-0.15, -0.1) is 4.91 Å². The summed E-state index contributed by atoms with van der Waals surface area (Å²) < 4.78 is 0. The molecule has 6 heteroatoms. The van der Waals surface area contributed by atoms with Crippen molar-refractivity contribution < 1.29 is 4.79 Å². The minimum Gasteiger partial charge on any atom is -0.339 e. The van der Waals surface area contributed by atoms with Gasteiger partial charge in [0, 0.05) is 7.05 Å². The van der Waals surface area contributed by atoms with Crippen molar-refractivity contribution in [2.45, 2.75) is 44.0 Å². The SMILES string of the molecule is CNC(=O)N(N=O)C(C)(Cl)C1CCCCC1. The van der Waals surface area contributed by atoms with E-state index >= 15 is 0 Å². The van der Waals surface area contributed by atoms with Gasteiger partial charge in [0.05, 0.1) is 5.29 Å². The van der Waals surface area contributed by atoms with E-state index in [2.05, 4.69) is 10.6 Å². The zero-order valence-electron chi connectivity index (χ0n) is 9.70. The molecule has 1 unspecified atom stereocenters. The van der Waals surface area contributed by atoms with Gasteiger partial charge in [-0.3, -0.25) is 0 Å². The topological polar surface area (TPSA) is 61.8 Å². The molecule has 0 aliphatic heterocycles. The molecule has 1 rings (SSSR count). The molecule has 0 bridgehead atoms. The number of carbonyl (C=O) groups is 1. The fraction of sp³-hybridized carbons (Fsp3) is 0.900. The third-order valence-electron chi connectivity index (χ3n) is 3.25. The van der Waals surface area contributed by atoms with Gasteiger partial charge < -0.3 is 5.32 Å². The van der Waals surface area contributed by atoms with Crippen LogP contribution in [0, 0.1) is 10.8 Å². The van der Waals surface area contributed by atoms with Gasteiger partial charge in [-0.2, -0.15) is 5.01 Å². The molecule has 1 fully saturated rings. The second-order valence-electron chi connectivity index (χ2n) is 4.31. The highest BCUT2D eigenvalue weighted by Gasteiger charge is 2.42. The van der Waals surface area contributed by atoms with Crippen LogP contribution in [0.4, 0.5) is 4.79 Å². The number of urea groups is 1. The lowest BCUT2D eigenvalue weighted by molar-refractivity contribution is 0.116. The van der Waals surface area contributed by atoms with Crippen LogP contribution >= 0.6 is 11.6 Å². The van der Waals surface area contributed by atoms with E-state index in [0.29, 0.717) is 0 Å². The Morgan fingerprint density at radius 2 is 2.00 bits per heavy atom. The van der Waals surface area contributed by atoms with E-state index in [0.717, 1.165) is 30.7 Å². The van der Waals surface area contributed by atoms with Crippen LogP contribution in [0.15, 0.2) is 5.29 Å². The Labute approximate surface area is 100 Å². The zero-order chi connectivity index (χ0) is 12.2. The van der Waals surface area contributed by atoms with Crippen LogP contribution in [0.3, 0.4) is 0 Å². The highest BCUT2D eigenvalue weighted by atomic mass is 35.5. The fourth-order valence-electron chi connectivity index (χ4n) is 2.22. The van der Waals surface area contributed by atoms with Crippen LogP contribution < -0.4 is 5.32 Å². The molecule has 5 nitrogen and oxygen atoms in total. The van der Waals surface area contributed by atoms with E-state index in [1.807, 2.05) is 0 Å². The number of alkyl halides is 1. The average molecular weight is 248 g/mol. The zero-order valence-corrected chi connectivity index (χ0v) is 10.5. The standard InChI is InChI=1S/C10H18ClN3O2/c1-10(11,8-6-4-3-5-7-8)14(13-16)9(15)12-2/h8H,3-7H2,1-2H3,(H,12,15). The number of amides is 2. The molecule has 1 atom stereocenters. The number of nitrogens with zero attached hydrogens (tertiary/aromatic N) is 2. The second kappa shape index (κ2) is 5.48. The monoisotopic (exact) mass is 247 g/mol. The predicted octanol–water partition coefficient (Wildman–Crippen LogP) is 2.84. The molecule has 1 N–H and O–H groups in total. The number of carbonyl (C=O) groups excluding carboxylic acids is 1. The molecular formula is C10H18ClN3O2. The minimum absolute atomic E-state index is 0.123. The predicted molar refractivity (Wildman–Crippen MR) is 62.9 cm³/mol. The Balaban J connectivity index is 2.79. The first-order chi connectivity index (χ1) is 7.54. The Bertz CT molecular complexity index is 265. The molecule has 0 aromatic rings. The summed E-state index contributed by atoms with van der Waals surface area (Å²) in [5.74, 6) is 0.123. The van der Waals surface area contributed by atoms with Gasteiger partial charge in [0.25, 0.3) is 0 Å². The summed E-state index contributed by atoms with van der Waals surface area (Å²) in [6, 6.07) is -0.557. The van der Waals surface area contributed by atoms with Crippen LogP contribution in [0.1, 0.15) is 39.0 Å².